The molecular formula is C13H18N2OS. The lowest BCUT2D eigenvalue weighted by atomic mass is 10.1. The summed E-state index contributed by atoms with van der Waals surface area (Å²) < 4.78 is 0. The van der Waals surface area contributed by atoms with Crippen molar-refractivity contribution < 1.29 is 4.79 Å². The number of hydrogen-bond acceptors (Lipinski definition) is 3. The Kier molecular flexibility index (Phi) is 4.45. The minimum Gasteiger partial charge on any atom is -0.340 e. The summed E-state index contributed by atoms with van der Waals surface area (Å²) in [5.41, 5.74) is 6.94. The lowest BCUT2D eigenvalue weighted by molar-refractivity contribution is -0.128. The SMILES string of the molecule is NCC1CN(CCc2ccccc2)C(=O)CS1. The number of benzene rings is 1. The highest BCUT2D eigenvalue weighted by atomic mass is 32.2. The molecule has 0 aliphatic carbocycles. The van der Waals surface area contributed by atoms with E-state index in [9.17, 15) is 4.79 Å². The van der Waals surface area contributed by atoms with Gasteiger partial charge in [0.2, 0.25) is 5.91 Å². The number of amides is 1. The zero-order chi connectivity index (χ0) is 12.1. The van der Waals surface area contributed by atoms with E-state index >= 15 is 0 Å². The highest BCUT2D eigenvalue weighted by Crippen LogP contribution is 2.18. The van der Waals surface area contributed by atoms with Crippen LogP contribution >= 0.6 is 11.8 Å². The molecule has 4 heteroatoms. The summed E-state index contributed by atoms with van der Waals surface area (Å²) in [6.45, 7) is 2.26. The van der Waals surface area contributed by atoms with Crippen molar-refractivity contribution in [1.82, 2.24) is 4.90 Å². The van der Waals surface area contributed by atoms with Crippen LogP contribution < -0.4 is 5.73 Å². The molecule has 1 unspecified atom stereocenters. The summed E-state index contributed by atoms with van der Waals surface area (Å²) in [6.07, 6.45) is 0.925. The first kappa shape index (κ1) is 12.5. The molecule has 1 aliphatic heterocycles. The minimum atomic E-state index is 0.246. The third-order valence-electron chi connectivity index (χ3n) is 3.00. The summed E-state index contributed by atoms with van der Waals surface area (Å²) in [4.78, 5) is 13.7. The maximum Gasteiger partial charge on any atom is 0.232 e. The highest BCUT2D eigenvalue weighted by molar-refractivity contribution is 8.00. The van der Waals surface area contributed by atoms with Gasteiger partial charge < -0.3 is 10.6 Å². The number of rotatable bonds is 4. The summed E-state index contributed by atoms with van der Waals surface area (Å²) in [7, 11) is 0. The largest absolute Gasteiger partial charge is 0.340 e. The standard InChI is InChI=1S/C13H18N2OS/c14-8-12-9-15(13(16)10-17-12)7-6-11-4-2-1-3-5-11/h1-5,12H,6-10,14H2. The third kappa shape index (κ3) is 3.48. The van der Waals surface area contributed by atoms with E-state index in [0.717, 1.165) is 19.5 Å². The Hall–Kier alpha value is -1.000. The van der Waals surface area contributed by atoms with E-state index in [1.165, 1.54) is 5.56 Å². The molecule has 1 heterocycles. The van der Waals surface area contributed by atoms with Crippen molar-refractivity contribution in [3.63, 3.8) is 0 Å². The van der Waals surface area contributed by atoms with Crippen LogP contribution in [0.5, 0.6) is 0 Å². The van der Waals surface area contributed by atoms with Gasteiger partial charge in [0.1, 0.15) is 0 Å². The lowest BCUT2D eigenvalue weighted by Crippen LogP contribution is -2.45. The van der Waals surface area contributed by atoms with Gasteiger partial charge in [-0.05, 0) is 12.0 Å². The zero-order valence-corrected chi connectivity index (χ0v) is 10.7. The van der Waals surface area contributed by atoms with Crippen molar-refractivity contribution in [2.75, 3.05) is 25.4 Å². The fraction of sp³-hybridized carbons (Fsp3) is 0.462. The molecule has 0 radical (unpaired) electrons. The molecule has 1 aromatic carbocycles. The average molecular weight is 250 g/mol. The van der Waals surface area contributed by atoms with E-state index in [2.05, 4.69) is 12.1 Å². The van der Waals surface area contributed by atoms with Gasteiger partial charge in [-0.25, -0.2) is 0 Å². The number of hydrogen-bond donors (Lipinski definition) is 1. The molecule has 1 aliphatic rings. The average Bonchev–Trinajstić information content (AvgIpc) is 2.39. The van der Waals surface area contributed by atoms with Crippen molar-refractivity contribution in [3.05, 3.63) is 35.9 Å². The first-order valence-corrected chi connectivity index (χ1v) is 6.98. The van der Waals surface area contributed by atoms with Gasteiger partial charge in [-0.3, -0.25) is 4.79 Å². The Bertz CT molecular complexity index is 369. The third-order valence-corrected chi connectivity index (χ3v) is 4.22. The fourth-order valence-electron chi connectivity index (χ4n) is 1.95. The predicted molar refractivity (Wildman–Crippen MR) is 72.0 cm³/mol. The number of nitrogens with two attached hydrogens (primary N) is 1. The van der Waals surface area contributed by atoms with Crippen molar-refractivity contribution in [2.45, 2.75) is 11.7 Å². The van der Waals surface area contributed by atoms with Gasteiger partial charge in [0.25, 0.3) is 0 Å². The Balaban J connectivity index is 1.87. The maximum atomic E-state index is 11.7. The monoisotopic (exact) mass is 250 g/mol. The molecule has 2 N–H and O–H groups in total. The molecule has 0 saturated carbocycles. The number of carbonyl (C=O) groups is 1. The van der Waals surface area contributed by atoms with Crippen molar-refractivity contribution in [2.24, 2.45) is 5.73 Å². The van der Waals surface area contributed by atoms with Gasteiger partial charge in [-0.1, -0.05) is 30.3 Å². The smallest absolute Gasteiger partial charge is 0.232 e. The van der Waals surface area contributed by atoms with E-state index in [-0.39, 0.29) is 5.91 Å². The van der Waals surface area contributed by atoms with E-state index in [1.54, 1.807) is 11.8 Å². The van der Waals surface area contributed by atoms with Gasteiger partial charge in [0.05, 0.1) is 5.75 Å². The zero-order valence-electron chi connectivity index (χ0n) is 9.84. The Morgan fingerprint density at radius 3 is 2.82 bits per heavy atom. The van der Waals surface area contributed by atoms with Crippen LogP contribution in [0.1, 0.15) is 5.56 Å². The van der Waals surface area contributed by atoms with Crippen LogP contribution in [0.3, 0.4) is 0 Å². The molecule has 1 fully saturated rings. The first-order chi connectivity index (χ1) is 8.29. The maximum absolute atomic E-state index is 11.7. The van der Waals surface area contributed by atoms with E-state index < -0.39 is 0 Å². The molecular weight excluding hydrogens is 232 g/mol. The van der Waals surface area contributed by atoms with E-state index in [0.29, 0.717) is 17.5 Å². The summed E-state index contributed by atoms with van der Waals surface area (Å²) in [5, 5.41) is 0.406. The van der Waals surface area contributed by atoms with Crippen LogP contribution in [0.25, 0.3) is 0 Å². The Labute approximate surface area is 106 Å². The van der Waals surface area contributed by atoms with Crippen LogP contribution in [0.15, 0.2) is 30.3 Å². The first-order valence-electron chi connectivity index (χ1n) is 5.93. The molecule has 0 spiro atoms. The lowest BCUT2D eigenvalue weighted by Gasteiger charge is -2.31. The van der Waals surface area contributed by atoms with Crippen LogP contribution in [-0.2, 0) is 11.2 Å². The molecule has 1 aromatic rings. The summed E-state index contributed by atoms with van der Waals surface area (Å²) in [6, 6.07) is 10.3. The molecule has 92 valence electrons. The van der Waals surface area contributed by atoms with Crippen LogP contribution in [-0.4, -0.2) is 41.4 Å². The molecule has 1 saturated heterocycles. The summed E-state index contributed by atoms with van der Waals surface area (Å²) >= 11 is 1.68. The molecule has 1 amide bonds. The van der Waals surface area contributed by atoms with Gasteiger partial charge in [-0.15, -0.1) is 11.8 Å². The minimum absolute atomic E-state index is 0.246. The summed E-state index contributed by atoms with van der Waals surface area (Å²) in [5.74, 6) is 0.826. The fourth-order valence-corrected chi connectivity index (χ4v) is 2.93. The number of nitrogens with zero attached hydrogens (tertiary/aromatic N) is 1. The normalized spacial score (nSPS) is 20.6. The Morgan fingerprint density at radius 2 is 2.12 bits per heavy atom. The second-order valence-corrected chi connectivity index (χ2v) is 5.53. The van der Waals surface area contributed by atoms with Crippen LogP contribution in [0.2, 0.25) is 0 Å². The second-order valence-electron chi connectivity index (χ2n) is 4.24. The molecule has 0 bridgehead atoms. The highest BCUT2D eigenvalue weighted by Gasteiger charge is 2.24. The van der Waals surface area contributed by atoms with Crippen LogP contribution in [0.4, 0.5) is 0 Å². The van der Waals surface area contributed by atoms with Crippen molar-refractivity contribution in [1.29, 1.82) is 0 Å². The van der Waals surface area contributed by atoms with Crippen molar-refractivity contribution >= 4 is 17.7 Å². The van der Waals surface area contributed by atoms with Gasteiger partial charge in [0, 0.05) is 24.9 Å². The molecule has 2 rings (SSSR count). The van der Waals surface area contributed by atoms with Gasteiger partial charge in [-0.2, -0.15) is 0 Å². The molecule has 1 atom stereocenters. The second kappa shape index (κ2) is 6.07. The topological polar surface area (TPSA) is 46.3 Å². The van der Waals surface area contributed by atoms with E-state index in [4.69, 9.17) is 5.73 Å². The molecule has 17 heavy (non-hydrogen) atoms. The van der Waals surface area contributed by atoms with Crippen molar-refractivity contribution in [3.8, 4) is 0 Å². The Morgan fingerprint density at radius 1 is 1.35 bits per heavy atom. The molecule has 3 nitrogen and oxygen atoms in total. The predicted octanol–water partition coefficient (Wildman–Crippen LogP) is 1.13. The number of carbonyl (C=O) groups excluding carboxylic acids is 1. The van der Waals surface area contributed by atoms with E-state index in [1.807, 2.05) is 23.1 Å². The molecule has 0 aromatic heterocycles. The van der Waals surface area contributed by atoms with Gasteiger partial charge >= 0.3 is 0 Å². The van der Waals surface area contributed by atoms with Gasteiger partial charge in [0.15, 0.2) is 0 Å². The van der Waals surface area contributed by atoms with Crippen LogP contribution in [0, 0.1) is 0 Å². The number of thioether (sulfide) groups is 1. The quantitative estimate of drug-likeness (QED) is 0.871.